The van der Waals surface area contributed by atoms with E-state index in [0.29, 0.717) is 48.9 Å². The molecule has 0 radical (unpaired) electrons. The number of hydrogen-bond acceptors (Lipinski definition) is 8. The van der Waals surface area contributed by atoms with E-state index in [1.54, 1.807) is 12.1 Å². The van der Waals surface area contributed by atoms with Gasteiger partial charge >= 0.3 is 11.9 Å². The van der Waals surface area contributed by atoms with Gasteiger partial charge in [0.25, 0.3) is 0 Å². The highest BCUT2D eigenvalue weighted by atomic mass is 16.6. The third-order valence-corrected chi connectivity index (χ3v) is 8.71. The summed E-state index contributed by atoms with van der Waals surface area (Å²) >= 11 is 0. The molecule has 2 aliphatic rings. The predicted molar refractivity (Wildman–Crippen MR) is 194 cm³/mol. The lowest BCUT2D eigenvalue weighted by Gasteiger charge is -2.38. The summed E-state index contributed by atoms with van der Waals surface area (Å²) in [5.74, 6) is 0.264. The lowest BCUT2D eigenvalue weighted by Crippen LogP contribution is -2.34. The zero-order valence-corrected chi connectivity index (χ0v) is 28.8. The summed E-state index contributed by atoms with van der Waals surface area (Å²) in [4.78, 5) is 27.3. The Balaban J connectivity index is 1.62. The number of nitrogens with zero attached hydrogens (tertiary/aromatic N) is 1. The van der Waals surface area contributed by atoms with Gasteiger partial charge in [-0.15, -0.1) is 6.58 Å². The molecule has 5 rings (SSSR count). The Morgan fingerprint density at radius 2 is 1.73 bits per heavy atom. The average Bonchev–Trinajstić information content (AvgIpc) is 3.39. The molecule has 0 amide bonds. The van der Waals surface area contributed by atoms with Crippen molar-refractivity contribution >= 4 is 23.3 Å². The molecule has 1 spiro atoms. The Morgan fingerprint density at radius 1 is 0.980 bits per heavy atom. The minimum Gasteiger partial charge on any atom is -0.461 e. The van der Waals surface area contributed by atoms with Crippen molar-refractivity contribution in [3.05, 3.63) is 143 Å². The summed E-state index contributed by atoms with van der Waals surface area (Å²) in [5.41, 5.74) is 7.23. The number of allylic oxidation sites excluding steroid dienone is 4. The van der Waals surface area contributed by atoms with E-state index in [0.717, 1.165) is 51.8 Å². The first-order valence-electron chi connectivity index (χ1n) is 16.5. The molecule has 1 atom stereocenters. The van der Waals surface area contributed by atoms with Gasteiger partial charge in [-0.25, -0.2) is 9.59 Å². The number of benzene rings is 3. The number of fused-ring (bicyclic) bond motifs is 6. The fourth-order valence-electron chi connectivity index (χ4n) is 6.02. The Bertz CT molecular complexity index is 1850. The van der Waals surface area contributed by atoms with Crippen LogP contribution >= 0.6 is 0 Å². The first kappa shape index (κ1) is 35.0. The molecule has 8 nitrogen and oxygen atoms in total. The molecular formula is C41H44N2O6. The van der Waals surface area contributed by atoms with E-state index < -0.39 is 17.5 Å². The Labute approximate surface area is 289 Å². The van der Waals surface area contributed by atoms with Crippen LogP contribution in [0.2, 0.25) is 0 Å². The smallest absolute Gasteiger partial charge is 0.340 e. The highest BCUT2D eigenvalue weighted by Crippen LogP contribution is 2.57. The Kier molecular flexibility index (Phi) is 10.9. The number of nitrogens with one attached hydrogen (secondary N) is 1. The van der Waals surface area contributed by atoms with Crippen LogP contribution < -0.4 is 15.0 Å². The second-order valence-electron chi connectivity index (χ2n) is 12.1. The van der Waals surface area contributed by atoms with Crippen LogP contribution in [0.15, 0.2) is 115 Å². The van der Waals surface area contributed by atoms with E-state index in [4.69, 9.17) is 18.9 Å². The van der Waals surface area contributed by atoms with Crippen molar-refractivity contribution in [3.63, 3.8) is 0 Å². The van der Waals surface area contributed by atoms with Gasteiger partial charge in [-0.2, -0.15) is 0 Å². The predicted octanol–water partition coefficient (Wildman–Crippen LogP) is 8.53. The Morgan fingerprint density at radius 3 is 2.47 bits per heavy atom. The second-order valence-corrected chi connectivity index (χ2v) is 12.1. The average molecular weight is 661 g/mol. The third kappa shape index (κ3) is 7.25. The van der Waals surface area contributed by atoms with Crippen molar-refractivity contribution in [1.29, 1.82) is 0 Å². The van der Waals surface area contributed by atoms with Crippen LogP contribution in [0.4, 0.5) is 11.4 Å². The van der Waals surface area contributed by atoms with Crippen LogP contribution in [0.5, 0.6) is 11.5 Å². The zero-order chi connectivity index (χ0) is 35.1. The van der Waals surface area contributed by atoms with Gasteiger partial charge in [-0.05, 0) is 69.2 Å². The van der Waals surface area contributed by atoms with E-state index in [-0.39, 0.29) is 6.61 Å². The van der Waals surface area contributed by atoms with Crippen molar-refractivity contribution < 1.29 is 28.5 Å². The van der Waals surface area contributed by atoms with Crippen LogP contribution in [0.25, 0.3) is 0 Å². The number of aryl methyl sites for hydroxylation is 1. The lowest BCUT2D eigenvalue weighted by atomic mass is 9.77. The van der Waals surface area contributed by atoms with E-state index in [9.17, 15) is 9.59 Å². The highest BCUT2D eigenvalue weighted by Gasteiger charge is 2.53. The first-order valence-corrected chi connectivity index (χ1v) is 16.5. The summed E-state index contributed by atoms with van der Waals surface area (Å²) in [6.45, 7) is 21.4. The van der Waals surface area contributed by atoms with Crippen LogP contribution in [0.3, 0.4) is 0 Å². The molecule has 2 aliphatic heterocycles. The molecule has 3 aromatic carbocycles. The Hall–Kier alpha value is -5.34. The van der Waals surface area contributed by atoms with E-state index in [2.05, 4.69) is 43.8 Å². The van der Waals surface area contributed by atoms with Gasteiger partial charge in [0.2, 0.25) is 0 Å². The van der Waals surface area contributed by atoms with E-state index in [1.807, 2.05) is 74.5 Å². The summed E-state index contributed by atoms with van der Waals surface area (Å²) in [6.07, 6.45) is 7.74. The molecule has 0 saturated heterocycles. The van der Waals surface area contributed by atoms with Gasteiger partial charge in [0.05, 0.1) is 25.3 Å². The molecule has 0 aromatic heterocycles. The van der Waals surface area contributed by atoms with Gasteiger partial charge < -0.3 is 29.2 Å². The maximum absolute atomic E-state index is 13.5. The summed E-state index contributed by atoms with van der Waals surface area (Å²) < 4.78 is 24.1. The molecule has 0 aliphatic carbocycles. The normalized spacial score (nSPS) is 16.1. The van der Waals surface area contributed by atoms with E-state index >= 15 is 0 Å². The van der Waals surface area contributed by atoms with Crippen molar-refractivity contribution in [1.82, 2.24) is 0 Å². The van der Waals surface area contributed by atoms with Gasteiger partial charge in [0.15, 0.2) is 5.60 Å². The minimum absolute atomic E-state index is 0.159. The SMILES string of the molecule is C=CCOCCN(CCOC(=O)C=C)c1ccc2c(c1)Oc1cc(C)c(NC(/C=C\C(=C)C)=C(\C)CC)cc1C21OC(=O)c2ccccc21. The van der Waals surface area contributed by atoms with Gasteiger partial charge in [-0.3, -0.25) is 0 Å². The lowest BCUT2D eigenvalue weighted by molar-refractivity contribution is -0.137. The van der Waals surface area contributed by atoms with Gasteiger partial charge in [0, 0.05) is 52.4 Å². The van der Waals surface area contributed by atoms with Crippen molar-refractivity contribution in [2.45, 2.75) is 39.7 Å². The minimum atomic E-state index is -1.24. The molecule has 0 fully saturated rings. The van der Waals surface area contributed by atoms with Gasteiger partial charge in [0.1, 0.15) is 18.1 Å². The molecule has 0 bridgehead atoms. The molecule has 254 valence electrons. The van der Waals surface area contributed by atoms with Crippen molar-refractivity contribution in [2.75, 3.05) is 43.1 Å². The summed E-state index contributed by atoms with van der Waals surface area (Å²) in [7, 11) is 0. The monoisotopic (exact) mass is 660 g/mol. The summed E-state index contributed by atoms with van der Waals surface area (Å²) in [6, 6.07) is 17.4. The fourth-order valence-corrected chi connectivity index (χ4v) is 6.02. The van der Waals surface area contributed by atoms with Crippen LogP contribution in [0, 0.1) is 6.92 Å². The molecule has 3 aromatic rings. The van der Waals surface area contributed by atoms with Gasteiger partial charge in [-0.1, -0.05) is 61.6 Å². The number of anilines is 2. The molecule has 1 N–H and O–H groups in total. The molecule has 0 saturated carbocycles. The number of rotatable bonds is 15. The topological polar surface area (TPSA) is 86.3 Å². The summed E-state index contributed by atoms with van der Waals surface area (Å²) in [5, 5.41) is 3.64. The zero-order valence-electron chi connectivity index (χ0n) is 28.8. The number of carbonyl (C=O) groups is 2. The third-order valence-electron chi connectivity index (χ3n) is 8.71. The second kappa shape index (κ2) is 15.3. The number of esters is 2. The number of carbonyl (C=O) groups excluding carboxylic acids is 2. The maximum Gasteiger partial charge on any atom is 0.340 e. The quantitative estimate of drug-likeness (QED) is 0.0571. The van der Waals surface area contributed by atoms with Crippen molar-refractivity contribution in [2.24, 2.45) is 0 Å². The molecule has 8 heteroatoms. The molecule has 1 unspecified atom stereocenters. The van der Waals surface area contributed by atoms with Crippen LogP contribution in [0.1, 0.15) is 59.8 Å². The standard InChI is InChI=1S/C41H44N2O6/c1-8-21-46-22-19-43(20-23-47-39(44)10-3)30-16-17-33-38(25-30)48-37-24-29(7)36(42-35(28(6)9-2)18-15-27(4)5)26-34(37)41(33)32-14-12-11-13-31(32)40(45)49-41/h8,10-18,24-26,42H,1,3-4,9,19-23H2,2,5-7H3/b18-15-,35-28+. The van der Waals surface area contributed by atoms with Crippen LogP contribution in [-0.2, 0) is 24.6 Å². The van der Waals surface area contributed by atoms with Crippen LogP contribution in [-0.4, -0.2) is 44.8 Å². The molecular weight excluding hydrogens is 616 g/mol. The first-order chi connectivity index (χ1) is 23.6. The maximum atomic E-state index is 13.5. The van der Waals surface area contributed by atoms with Crippen molar-refractivity contribution in [3.8, 4) is 11.5 Å². The van der Waals surface area contributed by atoms with E-state index in [1.165, 1.54) is 5.57 Å². The fraction of sp³-hybridized carbons (Fsp3) is 0.268. The molecule has 49 heavy (non-hydrogen) atoms. The number of ether oxygens (including phenoxy) is 4. The highest BCUT2D eigenvalue weighted by molar-refractivity contribution is 5.97. The largest absolute Gasteiger partial charge is 0.461 e. The molecule has 2 heterocycles. The number of hydrogen-bond donors (Lipinski definition) is 1.